The van der Waals surface area contributed by atoms with Crippen LogP contribution >= 0.6 is 0 Å². The van der Waals surface area contributed by atoms with E-state index in [4.69, 9.17) is 5.73 Å². The molecule has 21 heavy (non-hydrogen) atoms. The Bertz CT molecular complexity index is 435. The number of nitrogens with two attached hydrogens (primary N) is 1. The first-order valence-corrected chi connectivity index (χ1v) is 8.42. The van der Waals surface area contributed by atoms with Crippen molar-refractivity contribution >= 4 is 0 Å². The fourth-order valence-corrected chi connectivity index (χ4v) is 3.96. The number of rotatable bonds is 6. The second kappa shape index (κ2) is 7.90. The van der Waals surface area contributed by atoms with Gasteiger partial charge in [0.25, 0.3) is 0 Å². The molecule has 0 saturated heterocycles. The van der Waals surface area contributed by atoms with Crippen LogP contribution in [0.4, 0.5) is 4.39 Å². The van der Waals surface area contributed by atoms with Crippen LogP contribution in [0.1, 0.15) is 57.6 Å². The van der Waals surface area contributed by atoms with Crippen molar-refractivity contribution in [1.29, 1.82) is 0 Å². The van der Waals surface area contributed by atoms with Crippen molar-refractivity contribution in [1.82, 2.24) is 4.90 Å². The zero-order valence-corrected chi connectivity index (χ0v) is 13.4. The highest BCUT2D eigenvalue weighted by molar-refractivity contribution is 5.20. The Hall–Kier alpha value is -0.930. The standard InChI is InChI=1S/C18H29FN2/c1-3-17(14-9-7-10-16(19)12-14)21(4-2)18-11-6-5-8-15(18)13-20/h7,9-10,12,15,17-18H,3-6,8,11,13,20H2,1-2H3. The lowest BCUT2D eigenvalue weighted by atomic mass is 9.82. The van der Waals surface area contributed by atoms with Crippen molar-refractivity contribution in [3.8, 4) is 0 Å². The molecule has 0 radical (unpaired) electrons. The van der Waals surface area contributed by atoms with Crippen LogP contribution in [-0.4, -0.2) is 24.0 Å². The van der Waals surface area contributed by atoms with Crippen LogP contribution in [0.2, 0.25) is 0 Å². The predicted octanol–water partition coefficient (Wildman–Crippen LogP) is 4.12. The molecule has 3 heteroatoms. The van der Waals surface area contributed by atoms with E-state index in [2.05, 4.69) is 24.8 Å². The molecule has 1 aromatic rings. The van der Waals surface area contributed by atoms with Gasteiger partial charge in [0.15, 0.2) is 0 Å². The van der Waals surface area contributed by atoms with Crippen molar-refractivity contribution in [2.75, 3.05) is 13.1 Å². The first-order chi connectivity index (χ1) is 10.2. The maximum atomic E-state index is 13.6. The van der Waals surface area contributed by atoms with Gasteiger partial charge in [0.05, 0.1) is 0 Å². The fraction of sp³-hybridized carbons (Fsp3) is 0.667. The number of halogens is 1. The SMILES string of the molecule is CCC(c1cccc(F)c1)N(CC)C1CCCCC1CN. The van der Waals surface area contributed by atoms with Crippen LogP contribution in [0.3, 0.4) is 0 Å². The maximum absolute atomic E-state index is 13.6. The molecule has 1 aromatic carbocycles. The van der Waals surface area contributed by atoms with Gasteiger partial charge in [-0.3, -0.25) is 4.90 Å². The Balaban J connectivity index is 2.24. The van der Waals surface area contributed by atoms with Gasteiger partial charge in [0.1, 0.15) is 5.82 Å². The molecule has 1 fully saturated rings. The molecule has 0 spiro atoms. The summed E-state index contributed by atoms with van der Waals surface area (Å²) < 4.78 is 13.6. The molecule has 0 aliphatic heterocycles. The quantitative estimate of drug-likeness (QED) is 0.854. The first kappa shape index (κ1) is 16.4. The average Bonchev–Trinajstić information content (AvgIpc) is 2.52. The zero-order valence-electron chi connectivity index (χ0n) is 13.4. The molecule has 0 amide bonds. The topological polar surface area (TPSA) is 29.3 Å². The van der Waals surface area contributed by atoms with Gasteiger partial charge in [-0.15, -0.1) is 0 Å². The minimum atomic E-state index is -0.138. The van der Waals surface area contributed by atoms with Gasteiger partial charge in [0, 0.05) is 12.1 Å². The molecular weight excluding hydrogens is 263 g/mol. The molecule has 2 N–H and O–H groups in total. The Morgan fingerprint density at radius 1 is 1.29 bits per heavy atom. The summed E-state index contributed by atoms with van der Waals surface area (Å²) in [5, 5.41) is 0. The van der Waals surface area contributed by atoms with E-state index in [1.165, 1.54) is 31.7 Å². The van der Waals surface area contributed by atoms with E-state index in [1.807, 2.05) is 6.07 Å². The lowest BCUT2D eigenvalue weighted by Gasteiger charge is -2.43. The van der Waals surface area contributed by atoms with E-state index in [9.17, 15) is 4.39 Å². The molecule has 0 bridgehead atoms. The summed E-state index contributed by atoms with van der Waals surface area (Å²) in [7, 11) is 0. The highest BCUT2D eigenvalue weighted by atomic mass is 19.1. The molecule has 2 nitrogen and oxygen atoms in total. The van der Waals surface area contributed by atoms with Crippen molar-refractivity contribution in [3.63, 3.8) is 0 Å². The highest BCUT2D eigenvalue weighted by Gasteiger charge is 2.32. The summed E-state index contributed by atoms with van der Waals surface area (Å²) in [4.78, 5) is 2.56. The van der Waals surface area contributed by atoms with Crippen molar-refractivity contribution < 1.29 is 4.39 Å². The minimum Gasteiger partial charge on any atom is -0.330 e. The van der Waals surface area contributed by atoms with Crippen LogP contribution < -0.4 is 5.73 Å². The highest BCUT2D eigenvalue weighted by Crippen LogP contribution is 2.34. The van der Waals surface area contributed by atoms with Gasteiger partial charge >= 0.3 is 0 Å². The van der Waals surface area contributed by atoms with Gasteiger partial charge < -0.3 is 5.73 Å². The van der Waals surface area contributed by atoms with Crippen molar-refractivity contribution in [3.05, 3.63) is 35.6 Å². The van der Waals surface area contributed by atoms with Crippen molar-refractivity contribution in [2.45, 2.75) is 58.0 Å². The summed E-state index contributed by atoms with van der Waals surface area (Å²) in [6.07, 6.45) is 6.05. The monoisotopic (exact) mass is 292 g/mol. The van der Waals surface area contributed by atoms with E-state index in [-0.39, 0.29) is 5.82 Å². The van der Waals surface area contributed by atoms with E-state index in [0.717, 1.165) is 25.1 Å². The van der Waals surface area contributed by atoms with Gasteiger partial charge in [-0.2, -0.15) is 0 Å². The van der Waals surface area contributed by atoms with E-state index in [0.29, 0.717) is 18.0 Å². The Morgan fingerprint density at radius 3 is 2.67 bits per heavy atom. The maximum Gasteiger partial charge on any atom is 0.123 e. The molecule has 1 aliphatic carbocycles. The van der Waals surface area contributed by atoms with Crippen LogP contribution in [0, 0.1) is 11.7 Å². The third-order valence-electron chi connectivity index (χ3n) is 4.98. The fourth-order valence-electron chi connectivity index (χ4n) is 3.96. The summed E-state index contributed by atoms with van der Waals surface area (Å²) >= 11 is 0. The number of hydrogen-bond donors (Lipinski definition) is 1. The Labute approximate surface area is 128 Å². The van der Waals surface area contributed by atoms with Crippen molar-refractivity contribution in [2.24, 2.45) is 11.7 Å². The van der Waals surface area contributed by atoms with Crippen LogP contribution in [0.15, 0.2) is 24.3 Å². The second-order valence-electron chi connectivity index (χ2n) is 6.16. The number of nitrogens with zero attached hydrogens (tertiary/aromatic N) is 1. The molecule has 118 valence electrons. The average molecular weight is 292 g/mol. The minimum absolute atomic E-state index is 0.138. The third kappa shape index (κ3) is 3.83. The second-order valence-corrected chi connectivity index (χ2v) is 6.16. The zero-order chi connectivity index (χ0) is 15.2. The van der Waals surface area contributed by atoms with Gasteiger partial charge in [0.2, 0.25) is 0 Å². The molecule has 3 atom stereocenters. The van der Waals surface area contributed by atoms with E-state index < -0.39 is 0 Å². The molecule has 1 aliphatic rings. The van der Waals surface area contributed by atoms with Crippen LogP contribution in [0.25, 0.3) is 0 Å². The molecule has 0 aromatic heterocycles. The third-order valence-corrected chi connectivity index (χ3v) is 4.98. The normalized spacial score (nSPS) is 24.2. The lowest BCUT2D eigenvalue weighted by molar-refractivity contribution is 0.0677. The molecule has 0 heterocycles. The van der Waals surface area contributed by atoms with Crippen LogP contribution in [0.5, 0.6) is 0 Å². The molecule has 3 unspecified atom stereocenters. The van der Waals surface area contributed by atoms with Gasteiger partial charge in [-0.25, -0.2) is 4.39 Å². The van der Waals surface area contributed by atoms with Gasteiger partial charge in [-0.05, 0) is 56.0 Å². The predicted molar refractivity (Wildman–Crippen MR) is 86.6 cm³/mol. The largest absolute Gasteiger partial charge is 0.330 e. The number of benzene rings is 1. The van der Waals surface area contributed by atoms with E-state index in [1.54, 1.807) is 6.07 Å². The molecular formula is C18H29FN2. The van der Waals surface area contributed by atoms with Crippen LogP contribution in [-0.2, 0) is 0 Å². The Morgan fingerprint density at radius 2 is 2.05 bits per heavy atom. The van der Waals surface area contributed by atoms with Gasteiger partial charge in [-0.1, -0.05) is 38.8 Å². The molecule has 2 rings (SSSR count). The lowest BCUT2D eigenvalue weighted by Crippen LogP contribution is -2.46. The summed E-state index contributed by atoms with van der Waals surface area (Å²) in [5.74, 6) is 0.447. The summed E-state index contributed by atoms with van der Waals surface area (Å²) in [6, 6.07) is 7.93. The first-order valence-electron chi connectivity index (χ1n) is 8.42. The Kier molecular flexibility index (Phi) is 6.19. The summed E-state index contributed by atoms with van der Waals surface area (Å²) in [5.41, 5.74) is 7.10. The molecule has 1 saturated carbocycles. The summed E-state index contributed by atoms with van der Waals surface area (Å²) in [6.45, 7) is 6.17. The number of hydrogen-bond acceptors (Lipinski definition) is 2. The smallest absolute Gasteiger partial charge is 0.123 e. The van der Waals surface area contributed by atoms with E-state index >= 15 is 0 Å².